The Balaban J connectivity index is 1.61. The Hall–Kier alpha value is -2.42. The normalized spacial score (nSPS) is 22.7. The molecule has 2 fully saturated rings. The van der Waals surface area contributed by atoms with E-state index in [0.29, 0.717) is 26.1 Å². The minimum atomic E-state index is -0.618. The maximum atomic E-state index is 12.6. The van der Waals surface area contributed by atoms with Gasteiger partial charge in [-0.3, -0.25) is 23.9 Å². The molecule has 2 amide bonds. The summed E-state index contributed by atoms with van der Waals surface area (Å²) in [6, 6.07) is 1.16. The maximum absolute atomic E-state index is 12.6. The molecule has 3 rings (SSSR count). The van der Waals surface area contributed by atoms with E-state index in [0.717, 1.165) is 12.8 Å². The molecule has 3 unspecified atom stereocenters. The molecule has 0 aromatic carbocycles. The van der Waals surface area contributed by atoms with Crippen LogP contribution >= 0.6 is 0 Å². The van der Waals surface area contributed by atoms with Crippen molar-refractivity contribution in [1.29, 1.82) is 0 Å². The molecule has 0 radical (unpaired) electrons. The minimum absolute atomic E-state index is 0.0404. The van der Waals surface area contributed by atoms with Crippen LogP contribution in [0.2, 0.25) is 0 Å². The Labute approximate surface area is 156 Å². The SMILES string of the molecule is CCCC(O)CC(=O)N1CC2CC1CN(C(=O)Cn1ccc(=O)[nH]c1=O)C2. The molecule has 2 aliphatic heterocycles. The van der Waals surface area contributed by atoms with E-state index in [-0.39, 0.29) is 36.7 Å². The number of H-pyrrole nitrogens is 1. The molecule has 148 valence electrons. The van der Waals surface area contributed by atoms with Gasteiger partial charge in [0, 0.05) is 37.9 Å². The highest BCUT2D eigenvalue weighted by Gasteiger charge is 2.42. The van der Waals surface area contributed by atoms with Crippen molar-refractivity contribution in [2.24, 2.45) is 5.92 Å². The Morgan fingerprint density at radius 3 is 2.74 bits per heavy atom. The van der Waals surface area contributed by atoms with E-state index in [4.69, 9.17) is 0 Å². The molecule has 0 saturated carbocycles. The summed E-state index contributed by atoms with van der Waals surface area (Å²) in [7, 11) is 0. The number of aliphatic hydroxyl groups excluding tert-OH is 1. The van der Waals surface area contributed by atoms with Crippen LogP contribution in [-0.2, 0) is 16.1 Å². The van der Waals surface area contributed by atoms with E-state index in [1.54, 1.807) is 9.80 Å². The van der Waals surface area contributed by atoms with Gasteiger partial charge in [-0.1, -0.05) is 13.3 Å². The van der Waals surface area contributed by atoms with Gasteiger partial charge in [-0.05, 0) is 18.8 Å². The van der Waals surface area contributed by atoms with Crippen molar-refractivity contribution in [3.8, 4) is 0 Å². The van der Waals surface area contributed by atoms with Crippen LogP contribution in [0, 0.1) is 5.92 Å². The van der Waals surface area contributed by atoms with Crippen LogP contribution in [0.15, 0.2) is 21.9 Å². The van der Waals surface area contributed by atoms with E-state index in [1.807, 2.05) is 6.92 Å². The molecule has 3 heterocycles. The van der Waals surface area contributed by atoms with Crippen LogP contribution in [-0.4, -0.2) is 68.1 Å². The Morgan fingerprint density at radius 1 is 1.26 bits per heavy atom. The van der Waals surface area contributed by atoms with Crippen LogP contribution in [0.4, 0.5) is 0 Å². The summed E-state index contributed by atoms with van der Waals surface area (Å²) in [5.74, 6) is -0.0546. The van der Waals surface area contributed by atoms with Gasteiger partial charge in [0.2, 0.25) is 11.8 Å². The fourth-order valence-corrected chi connectivity index (χ4v) is 4.04. The van der Waals surface area contributed by atoms with Gasteiger partial charge in [-0.25, -0.2) is 4.79 Å². The number of nitrogens with zero attached hydrogens (tertiary/aromatic N) is 3. The number of hydrogen-bond donors (Lipinski definition) is 2. The Morgan fingerprint density at radius 2 is 2.04 bits per heavy atom. The molecule has 1 aromatic rings. The Bertz CT molecular complexity index is 816. The Kier molecular flexibility index (Phi) is 5.79. The van der Waals surface area contributed by atoms with Crippen LogP contribution < -0.4 is 11.2 Å². The minimum Gasteiger partial charge on any atom is -0.393 e. The first kappa shape index (κ1) is 19.3. The smallest absolute Gasteiger partial charge is 0.328 e. The molecule has 27 heavy (non-hydrogen) atoms. The molecule has 0 spiro atoms. The number of rotatable bonds is 6. The first-order valence-electron chi connectivity index (χ1n) is 9.42. The molecule has 1 aromatic heterocycles. The molecule has 0 aliphatic carbocycles. The summed E-state index contributed by atoms with van der Waals surface area (Å²) >= 11 is 0. The monoisotopic (exact) mass is 378 g/mol. The van der Waals surface area contributed by atoms with Crippen LogP contribution in [0.1, 0.15) is 32.6 Å². The molecule has 2 saturated heterocycles. The van der Waals surface area contributed by atoms with Crippen LogP contribution in [0.25, 0.3) is 0 Å². The van der Waals surface area contributed by atoms with Gasteiger partial charge in [0.15, 0.2) is 0 Å². The predicted octanol–water partition coefficient (Wildman–Crippen LogP) is -0.853. The zero-order valence-electron chi connectivity index (χ0n) is 15.5. The highest BCUT2D eigenvalue weighted by atomic mass is 16.3. The number of aromatic nitrogens is 2. The van der Waals surface area contributed by atoms with E-state index in [9.17, 15) is 24.3 Å². The number of nitrogens with one attached hydrogen (secondary N) is 1. The number of aliphatic hydroxyl groups is 1. The fourth-order valence-electron chi connectivity index (χ4n) is 4.04. The first-order chi connectivity index (χ1) is 12.9. The summed E-state index contributed by atoms with van der Waals surface area (Å²) in [5.41, 5.74) is -1.11. The third-order valence-electron chi connectivity index (χ3n) is 5.32. The predicted molar refractivity (Wildman–Crippen MR) is 97.0 cm³/mol. The second kappa shape index (κ2) is 8.08. The first-order valence-corrected chi connectivity index (χ1v) is 9.42. The summed E-state index contributed by atoms with van der Waals surface area (Å²) in [4.78, 5) is 53.6. The maximum Gasteiger partial charge on any atom is 0.328 e. The van der Waals surface area contributed by atoms with Gasteiger partial charge in [0.05, 0.1) is 12.5 Å². The van der Waals surface area contributed by atoms with Gasteiger partial charge in [0.25, 0.3) is 5.56 Å². The number of aromatic amines is 1. The summed E-state index contributed by atoms with van der Waals surface area (Å²) in [6.07, 6.45) is 3.10. The van der Waals surface area contributed by atoms with E-state index >= 15 is 0 Å². The molecule has 2 N–H and O–H groups in total. The van der Waals surface area contributed by atoms with Crippen molar-refractivity contribution in [1.82, 2.24) is 19.4 Å². The summed E-state index contributed by atoms with van der Waals surface area (Å²) < 4.78 is 1.17. The highest BCUT2D eigenvalue weighted by Crippen LogP contribution is 2.30. The standard InChI is InChI=1S/C18H26N4O5/c1-2-3-14(23)7-16(25)22-9-12-6-13(22)10-21(8-12)17(26)11-20-5-4-15(24)19-18(20)27/h4-5,12-14,23H,2-3,6-11H2,1H3,(H,19,24,27). The number of carbonyl (C=O) groups is 2. The van der Waals surface area contributed by atoms with Crippen molar-refractivity contribution in [3.63, 3.8) is 0 Å². The molecule has 9 heteroatoms. The lowest BCUT2D eigenvalue weighted by Crippen LogP contribution is -2.48. The van der Waals surface area contributed by atoms with Gasteiger partial charge >= 0.3 is 5.69 Å². The fraction of sp³-hybridized carbons (Fsp3) is 0.667. The second-order valence-corrected chi connectivity index (χ2v) is 7.49. The quantitative estimate of drug-likeness (QED) is 0.669. The molecule has 2 bridgehead atoms. The van der Waals surface area contributed by atoms with Gasteiger partial charge in [-0.2, -0.15) is 0 Å². The van der Waals surface area contributed by atoms with Crippen molar-refractivity contribution >= 4 is 11.8 Å². The van der Waals surface area contributed by atoms with Crippen LogP contribution in [0.5, 0.6) is 0 Å². The second-order valence-electron chi connectivity index (χ2n) is 7.49. The van der Waals surface area contributed by atoms with Crippen molar-refractivity contribution < 1.29 is 14.7 Å². The summed E-state index contributed by atoms with van der Waals surface area (Å²) in [5, 5.41) is 9.90. The number of fused-ring (bicyclic) bond motifs is 2. The molecular weight excluding hydrogens is 352 g/mol. The zero-order chi connectivity index (χ0) is 19.6. The third-order valence-corrected chi connectivity index (χ3v) is 5.32. The lowest BCUT2D eigenvalue weighted by molar-refractivity contribution is -0.137. The van der Waals surface area contributed by atoms with Crippen molar-refractivity contribution in [2.45, 2.75) is 51.3 Å². The molecular formula is C18H26N4O5. The third kappa shape index (κ3) is 4.47. The number of hydrogen-bond acceptors (Lipinski definition) is 5. The van der Waals surface area contributed by atoms with Crippen molar-refractivity contribution in [3.05, 3.63) is 33.1 Å². The topological polar surface area (TPSA) is 116 Å². The van der Waals surface area contributed by atoms with Gasteiger partial charge in [0.1, 0.15) is 6.54 Å². The average Bonchev–Trinajstić information content (AvgIpc) is 2.91. The number of likely N-dealkylation sites (tertiary alicyclic amines) is 2. The van der Waals surface area contributed by atoms with Gasteiger partial charge < -0.3 is 14.9 Å². The van der Waals surface area contributed by atoms with E-state index < -0.39 is 17.4 Å². The molecule has 9 nitrogen and oxygen atoms in total. The van der Waals surface area contributed by atoms with E-state index in [2.05, 4.69) is 4.98 Å². The zero-order valence-corrected chi connectivity index (χ0v) is 15.5. The number of carbonyl (C=O) groups excluding carboxylic acids is 2. The molecule has 2 aliphatic rings. The lowest BCUT2D eigenvalue weighted by Gasteiger charge is -2.33. The number of amides is 2. The lowest BCUT2D eigenvalue weighted by atomic mass is 10.00. The number of piperidine rings is 1. The van der Waals surface area contributed by atoms with Crippen molar-refractivity contribution in [2.75, 3.05) is 19.6 Å². The average molecular weight is 378 g/mol. The highest BCUT2D eigenvalue weighted by molar-refractivity contribution is 5.79. The largest absolute Gasteiger partial charge is 0.393 e. The van der Waals surface area contributed by atoms with Gasteiger partial charge in [-0.15, -0.1) is 0 Å². The summed E-state index contributed by atoms with van der Waals surface area (Å²) in [6.45, 7) is 3.41. The van der Waals surface area contributed by atoms with Crippen LogP contribution in [0.3, 0.4) is 0 Å². The van der Waals surface area contributed by atoms with E-state index in [1.165, 1.54) is 16.8 Å². The molecule has 3 atom stereocenters.